The first-order valence-corrected chi connectivity index (χ1v) is 7.34. The summed E-state index contributed by atoms with van der Waals surface area (Å²) in [5.41, 5.74) is 4.38. The van der Waals surface area contributed by atoms with Crippen LogP contribution in [0.1, 0.15) is 65.7 Å². The highest BCUT2D eigenvalue weighted by atomic mass is 14.6. The van der Waals surface area contributed by atoms with Crippen molar-refractivity contribution in [2.75, 3.05) is 0 Å². The predicted octanol–water partition coefficient (Wildman–Crippen LogP) is 4.95. The Kier molecular flexibility index (Phi) is 2.46. The molecule has 0 N–H and O–H groups in total. The van der Waals surface area contributed by atoms with Gasteiger partial charge in [0, 0.05) is 0 Å². The molecule has 0 heteroatoms. The molecule has 3 aliphatic rings. The second-order valence-electron chi connectivity index (χ2n) is 6.89. The summed E-state index contributed by atoms with van der Waals surface area (Å²) in [5.74, 6) is 3.12. The first-order chi connectivity index (χ1) is 7.65. The number of fused-ring (bicyclic) bond motifs is 3. The quantitative estimate of drug-likeness (QED) is 0.575. The normalized spacial score (nSPS) is 46.3. The third kappa shape index (κ3) is 1.34. The molecular formula is C16H26. The van der Waals surface area contributed by atoms with Crippen molar-refractivity contribution in [3.63, 3.8) is 0 Å². The van der Waals surface area contributed by atoms with Gasteiger partial charge in [-0.15, -0.1) is 0 Å². The average molecular weight is 218 g/mol. The van der Waals surface area contributed by atoms with Crippen LogP contribution in [0.15, 0.2) is 11.1 Å². The number of hydrogen-bond donors (Lipinski definition) is 0. The van der Waals surface area contributed by atoms with E-state index in [9.17, 15) is 0 Å². The van der Waals surface area contributed by atoms with Crippen LogP contribution in [0.5, 0.6) is 0 Å². The van der Waals surface area contributed by atoms with Crippen LogP contribution in [0.4, 0.5) is 0 Å². The van der Waals surface area contributed by atoms with E-state index >= 15 is 0 Å². The van der Waals surface area contributed by atoms with E-state index in [2.05, 4.69) is 20.8 Å². The highest BCUT2D eigenvalue weighted by Gasteiger charge is 2.55. The van der Waals surface area contributed by atoms with Gasteiger partial charge in [-0.05, 0) is 62.2 Å². The van der Waals surface area contributed by atoms with Crippen molar-refractivity contribution < 1.29 is 0 Å². The minimum absolute atomic E-state index is 0.731. The number of rotatable bonds is 2. The molecule has 4 atom stereocenters. The maximum Gasteiger partial charge on any atom is -0.0161 e. The van der Waals surface area contributed by atoms with Crippen molar-refractivity contribution in [1.82, 2.24) is 0 Å². The maximum absolute atomic E-state index is 2.59. The molecule has 0 nitrogen and oxygen atoms in total. The fraction of sp³-hybridized carbons (Fsp3) is 0.875. The Morgan fingerprint density at radius 2 is 2.19 bits per heavy atom. The second kappa shape index (κ2) is 3.62. The molecule has 16 heavy (non-hydrogen) atoms. The van der Waals surface area contributed by atoms with Crippen LogP contribution in [-0.4, -0.2) is 0 Å². The van der Waals surface area contributed by atoms with E-state index in [0.717, 1.165) is 23.2 Å². The molecule has 0 radical (unpaired) electrons. The van der Waals surface area contributed by atoms with Gasteiger partial charge in [0.2, 0.25) is 0 Å². The fourth-order valence-electron chi connectivity index (χ4n) is 5.31. The van der Waals surface area contributed by atoms with Crippen LogP contribution in [0, 0.1) is 23.2 Å². The van der Waals surface area contributed by atoms with Crippen LogP contribution in [-0.2, 0) is 0 Å². The zero-order chi connectivity index (χ0) is 11.3. The van der Waals surface area contributed by atoms with Gasteiger partial charge in [-0.25, -0.2) is 0 Å². The SMILES string of the molecule is CCCC1=C(C)CC2C1CC1(C)CCCC21. The van der Waals surface area contributed by atoms with E-state index in [1.54, 1.807) is 5.57 Å². The summed E-state index contributed by atoms with van der Waals surface area (Å²) < 4.78 is 0. The molecule has 0 aromatic rings. The van der Waals surface area contributed by atoms with Gasteiger partial charge in [0.15, 0.2) is 0 Å². The smallest absolute Gasteiger partial charge is 0.0161 e. The van der Waals surface area contributed by atoms with E-state index < -0.39 is 0 Å². The minimum atomic E-state index is 0.731. The lowest BCUT2D eigenvalue weighted by molar-refractivity contribution is 0.238. The van der Waals surface area contributed by atoms with Crippen molar-refractivity contribution in [1.29, 1.82) is 0 Å². The van der Waals surface area contributed by atoms with E-state index in [0.29, 0.717) is 0 Å². The van der Waals surface area contributed by atoms with E-state index in [4.69, 9.17) is 0 Å². The van der Waals surface area contributed by atoms with Crippen LogP contribution >= 0.6 is 0 Å². The highest BCUT2D eigenvalue weighted by Crippen LogP contribution is 2.64. The topological polar surface area (TPSA) is 0 Å². The summed E-state index contributed by atoms with van der Waals surface area (Å²) in [6.07, 6.45) is 10.3. The van der Waals surface area contributed by atoms with Gasteiger partial charge in [-0.2, -0.15) is 0 Å². The van der Waals surface area contributed by atoms with E-state index in [1.807, 2.05) is 5.57 Å². The first kappa shape index (κ1) is 10.9. The largest absolute Gasteiger partial charge is 0.0735 e. The third-order valence-electron chi connectivity index (χ3n) is 5.94. The van der Waals surface area contributed by atoms with Crippen molar-refractivity contribution >= 4 is 0 Å². The van der Waals surface area contributed by atoms with Gasteiger partial charge < -0.3 is 0 Å². The molecule has 0 aromatic carbocycles. The van der Waals surface area contributed by atoms with E-state index in [1.165, 1.54) is 44.9 Å². The molecule has 90 valence electrons. The van der Waals surface area contributed by atoms with Crippen molar-refractivity contribution in [2.24, 2.45) is 23.2 Å². The lowest BCUT2D eigenvalue weighted by atomic mass is 9.79. The first-order valence-electron chi connectivity index (χ1n) is 7.34. The van der Waals surface area contributed by atoms with Crippen molar-refractivity contribution in [3.8, 4) is 0 Å². The summed E-state index contributed by atoms with van der Waals surface area (Å²) in [5, 5.41) is 0. The Morgan fingerprint density at radius 1 is 1.38 bits per heavy atom. The Balaban J connectivity index is 1.86. The minimum Gasteiger partial charge on any atom is -0.0735 e. The molecule has 0 aromatic heterocycles. The molecule has 0 spiro atoms. The fourth-order valence-corrected chi connectivity index (χ4v) is 5.31. The molecule has 0 saturated heterocycles. The summed E-state index contributed by atoms with van der Waals surface area (Å²) in [4.78, 5) is 0. The Morgan fingerprint density at radius 3 is 2.94 bits per heavy atom. The summed E-state index contributed by atoms with van der Waals surface area (Å²) in [6, 6.07) is 0. The molecule has 0 aliphatic heterocycles. The van der Waals surface area contributed by atoms with Gasteiger partial charge in [0.1, 0.15) is 0 Å². The zero-order valence-electron chi connectivity index (χ0n) is 11.2. The zero-order valence-corrected chi connectivity index (χ0v) is 11.2. The average Bonchev–Trinajstić information content (AvgIpc) is 2.79. The predicted molar refractivity (Wildman–Crippen MR) is 69.3 cm³/mol. The Hall–Kier alpha value is -0.260. The molecule has 3 rings (SSSR count). The van der Waals surface area contributed by atoms with Gasteiger partial charge in [-0.3, -0.25) is 0 Å². The van der Waals surface area contributed by atoms with Gasteiger partial charge in [-0.1, -0.05) is 37.8 Å². The molecule has 4 unspecified atom stereocenters. The third-order valence-corrected chi connectivity index (χ3v) is 5.94. The lowest BCUT2D eigenvalue weighted by Gasteiger charge is -2.26. The monoisotopic (exact) mass is 218 g/mol. The number of hydrogen-bond acceptors (Lipinski definition) is 0. The molecule has 0 bridgehead atoms. The van der Waals surface area contributed by atoms with Gasteiger partial charge in [0.25, 0.3) is 0 Å². The van der Waals surface area contributed by atoms with Crippen molar-refractivity contribution in [2.45, 2.75) is 65.7 Å². The van der Waals surface area contributed by atoms with Crippen LogP contribution in [0.3, 0.4) is 0 Å². The van der Waals surface area contributed by atoms with E-state index in [-0.39, 0.29) is 0 Å². The molecule has 2 saturated carbocycles. The molecule has 0 heterocycles. The Labute approximate surface area is 101 Å². The van der Waals surface area contributed by atoms with Crippen molar-refractivity contribution in [3.05, 3.63) is 11.1 Å². The highest BCUT2D eigenvalue weighted by molar-refractivity contribution is 5.28. The van der Waals surface area contributed by atoms with Crippen LogP contribution in [0.2, 0.25) is 0 Å². The Bertz CT molecular complexity index is 325. The second-order valence-corrected chi connectivity index (χ2v) is 6.89. The lowest BCUT2D eigenvalue weighted by Crippen LogP contribution is -2.18. The molecule has 3 aliphatic carbocycles. The van der Waals surface area contributed by atoms with Crippen LogP contribution < -0.4 is 0 Å². The molecule has 0 amide bonds. The van der Waals surface area contributed by atoms with Gasteiger partial charge in [0.05, 0.1) is 0 Å². The number of allylic oxidation sites excluding steroid dienone is 2. The van der Waals surface area contributed by atoms with Crippen LogP contribution in [0.25, 0.3) is 0 Å². The van der Waals surface area contributed by atoms with Gasteiger partial charge >= 0.3 is 0 Å². The summed E-state index contributed by atoms with van der Waals surface area (Å²) >= 11 is 0. The molecular weight excluding hydrogens is 192 g/mol. The maximum atomic E-state index is 2.59. The summed E-state index contributed by atoms with van der Waals surface area (Å²) in [7, 11) is 0. The molecule has 2 fully saturated rings. The summed E-state index contributed by atoms with van der Waals surface area (Å²) in [6.45, 7) is 7.34. The standard InChI is InChI=1S/C16H26/c1-4-6-12-11(2)9-13-14(12)10-16(3)8-5-7-15(13)16/h13-15H,4-10H2,1-3H3.